The molecule has 1 unspecified atom stereocenters. The highest BCUT2D eigenvalue weighted by atomic mass is 32.2. The maximum absolute atomic E-state index is 12.6. The van der Waals surface area contributed by atoms with E-state index in [4.69, 9.17) is 0 Å². The van der Waals surface area contributed by atoms with Crippen molar-refractivity contribution in [3.63, 3.8) is 0 Å². The van der Waals surface area contributed by atoms with Crippen molar-refractivity contribution in [3.8, 4) is 0 Å². The van der Waals surface area contributed by atoms with Gasteiger partial charge in [-0.3, -0.25) is 9.59 Å². The van der Waals surface area contributed by atoms with Crippen LogP contribution in [0.1, 0.15) is 30.9 Å². The molecule has 0 saturated carbocycles. The van der Waals surface area contributed by atoms with Gasteiger partial charge >= 0.3 is 0 Å². The summed E-state index contributed by atoms with van der Waals surface area (Å²) in [6.07, 6.45) is 4.61. The van der Waals surface area contributed by atoms with E-state index in [9.17, 15) is 9.59 Å². The summed E-state index contributed by atoms with van der Waals surface area (Å²) >= 11 is 5.16. The van der Waals surface area contributed by atoms with Crippen LogP contribution in [-0.2, 0) is 9.59 Å². The van der Waals surface area contributed by atoms with Gasteiger partial charge in [-0.05, 0) is 41.9 Å². The Morgan fingerprint density at radius 1 is 1.24 bits per heavy atom. The lowest BCUT2D eigenvalue weighted by molar-refractivity contribution is -0.122. The van der Waals surface area contributed by atoms with E-state index in [0.717, 1.165) is 35.7 Å². The standard InChI is InChI=1S/C18H26N2O2S3/c1-23-10-5-9-16(21)19-13-15(14-7-3-2-4-8-14)20-17(22)18-24-11-6-12-25-18/h2-4,7-8,15,18H,5-6,9-13H2,1H3,(H,19,21)(H,20,22). The van der Waals surface area contributed by atoms with Gasteiger partial charge in [-0.15, -0.1) is 23.5 Å². The minimum atomic E-state index is -0.193. The van der Waals surface area contributed by atoms with E-state index in [0.29, 0.717) is 13.0 Å². The van der Waals surface area contributed by atoms with Crippen LogP contribution in [0.3, 0.4) is 0 Å². The summed E-state index contributed by atoms with van der Waals surface area (Å²) in [5.74, 6) is 3.16. The molecule has 4 nitrogen and oxygen atoms in total. The van der Waals surface area contributed by atoms with Gasteiger partial charge in [-0.2, -0.15) is 11.8 Å². The first kappa shape index (κ1) is 20.5. The second kappa shape index (κ2) is 11.8. The number of carbonyl (C=O) groups is 2. The molecule has 25 heavy (non-hydrogen) atoms. The average molecular weight is 399 g/mol. The molecule has 1 saturated heterocycles. The number of thioether (sulfide) groups is 3. The van der Waals surface area contributed by atoms with Crippen LogP contribution < -0.4 is 10.6 Å². The van der Waals surface area contributed by atoms with Crippen molar-refractivity contribution in [1.82, 2.24) is 10.6 Å². The molecular formula is C18H26N2O2S3. The zero-order chi connectivity index (χ0) is 17.9. The second-order valence-electron chi connectivity index (χ2n) is 5.80. The molecule has 1 fully saturated rings. The number of hydrogen-bond donors (Lipinski definition) is 2. The van der Waals surface area contributed by atoms with E-state index in [1.807, 2.05) is 36.6 Å². The fourth-order valence-electron chi connectivity index (χ4n) is 2.50. The van der Waals surface area contributed by atoms with Crippen LogP contribution in [0.5, 0.6) is 0 Å². The van der Waals surface area contributed by atoms with Crippen LogP contribution in [0.4, 0.5) is 0 Å². The first-order chi connectivity index (χ1) is 12.2. The van der Waals surface area contributed by atoms with Gasteiger partial charge in [0.2, 0.25) is 11.8 Å². The summed E-state index contributed by atoms with van der Waals surface area (Å²) in [5.41, 5.74) is 1.02. The van der Waals surface area contributed by atoms with Crippen molar-refractivity contribution in [3.05, 3.63) is 35.9 Å². The van der Waals surface area contributed by atoms with Crippen molar-refractivity contribution < 1.29 is 9.59 Å². The van der Waals surface area contributed by atoms with Gasteiger partial charge in [0.1, 0.15) is 4.58 Å². The zero-order valence-corrected chi connectivity index (χ0v) is 17.0. The zero-order valence-electron chi connectivity index (χ0n) is 14.5. The summed E-state index contributed by atoms with van der Waals surface area (Å²) < 4.78 is -0.0442. The maximum Gasteiger partial charge on any atom is 0.243 e. The normalized spacial score (nSPS) is 16.2. The van der Waals surface area contributed by atoms with E-state index < -0.39 is 0 Å². The summed E-state index contributed by atoms with van der Waals surface area (Å²) in [6, 6.07) is 9.66. The van der Waals surface area contributed by atoms with Gasteiger partial charge in [0, 0.05) is 13.0 Å². The van der Waals surface area contributed by atoms with E-state index in [1.54, 1.807) is 35.3 Å². The van der Waals surface area contributed by atoms with Crippen molar-refractivity contribution in [1.29, 1.82) is 0 Å². The molecule has 0 aromatic heterocycles. The Hall–Kier alpha value is -0.790. The maximum atomic E-state index is 12.6. The highest BCUT2D eigenvalue weighted by Gasteiger charge is 2.25. The summed E-state index contributed by atoms with van der Waals surface area (Å²) in [7, 11) is 0. The molecule has 1 aromatic carbocycles. The van der Waals surface area contributed by atoms with Gasteiger partial charge < -0.3 is 10.6 Å². The minimum absolute atomic E-state index is 0.0442. The lowest BCUT2D eigenvalue weighted by atomic mass is 10.1. The highest BCUT2D eigenvalue weighted by molar-refractivity contribution is 8.18. The summed E-state index contributed by atoms with van der Waals surface area (Å²) in [5, 5.41) is 6.10. The Bertz CT molecular complexity index is 536. The third-order valence-corrected chi connectivity index (χ3v) is 7.41. The third kappa shape index (κ3) is 7.54. The smallest absolute Gasteiger partial charge is 0.243 e. The molecule has 138 valence electrons. The van der Waals surface area contributed by atoms with E-state index >= 15 is 0 Å². The van der Waals surface area contributed by atoms with Gasteiger partial charge in [-0.1, -0.05) is 30.3 Å². The third-order valence-electron chi connectivity index (χ3n) is 3.82. The number of nitrogens with one attached hydrogen (secondary N) is 2. The fourth-order valence-corrected chi connectivity index (χ4v) is 5.56. The lowest BCUT2D eigenvalue weighted by Gasteiger charge is -2.25. The topological polar surface area (TPSA) is 58.2 Å². The SMILES string of the molecule is CSCCCC(=O)NCC(NC(=O)C1SCCCS1)c1ccccc1. The Balaban J connectivity index is 1.91. The molecule has 7 heteroatoms. The van der Waals surface area contributed by atoms with E-state index in [2.05, 4.69) is 10.6 Å². The molecule has 2 amide bonds. The Labute approximate surface area is 163 Å². The van der Waals surface area contributed by atoms with Crippen molar-refractivity contribution in [2.24, 2.45) is 0 Å². The largest absolute Gasteiger partial charge is 0.354 e. The lowest BCUT2D eigenvalue weighted by Crippen LogP contribution is -2.41. The van der Waals surface area contributed by atoms with E-state index in [-0.39, 0.29) is 22.4 Å². The molecule has 1 aliphatic rings. The quantitative estimate of drug-likeness (QED) is 0.625. The molecule has 0 bridgehead atoms. The van der Waals surface area contributed by atoms with Crippen LogP contribution in [0.2, 0.25) is 0 Å². The first-order valence-electron chi connectivity index (χ1n) is 8.55. The van der Waals surface area contributed by atoms with Crippen LogP contribution in [-0.4, -0.2) is 46.5 Å². The average Bonchev–Trinajstić information content (AvgIpc) is 2.66. The van der Waals surface area contributed by atoms with Crippen LogP contribution in [0, 0.1) is 0 Å². The van der Waals surface area contributed by atoms with Gasteiger partial charge in [-0.25, -0.2) is 0 Å². The first-order valence-corrected chi connectivity index (χ1v) is 12.0. The molecule has 2 rings (SSSR count). The number of amides is 2. The summed E-state index contributed by atoms with van der Waals surface area (Å²) in [6.45, 7) is 0.426. The number of carbonyl (C=O) groups excluding carboxylic acids is 2. The van der Waals surface area contributed by atoms with Crippen LogP contribution in [0.15, 0.2) is 30.3 Å². The highest BCUT2D eigenvalue weighted by Crippen LogP contribution is 2.31. The number of hydrogen-bond acceptors (Lipinski definition) is 5. The molecule has 1 aliphatic heterocycles. The second-order valence-corrected chi connectivity index (χ2v) is 9.51. The predicted octanol–water partition coefficient (Wildman–Crippen LogP) is 3.30. The Morgan fingerprint density at radius 3 is 2.64 bits per heavy atom. The van der Waals surface area contributed by atoms with Crippen LogP contribution >= 0.6 is 35.3 Å². The molecule has 0 radical (unpaired) electrons. The molecular weight excluding hydrogens is 372 g/mol. The molecule has 2 N–H and O–H groups in total. The monoisotopic (exact) mass is 398 g/mol. The van der Waals surface area contributed by atoms with Crippen LogP contribution in [0.25, 0.3) is 0 Å². The van der Waals surface area contributed by atoms with Gasteiger partial charge in [0.25, 0.3) is 0 Å². The van der Waals surface area contributed by atoms with Crippen molar-refractivity contribution in [2.75, 3.05) is 30.1 Å². The van der Waals surface area contributed by atoms with Gasteiger partial charge in [0.05, 0.1) is 6.04 Å². The molecule has 1 aromatic rings. The van der Waals surface area contributed by atoms with Gasteiger partial charge in [0.15, 0.2) is 0 Å². The minimum Gasteiger partial charge on any atom is -0.354 e. The molecule has 0 aliphatic carbocycles. The predicted molar refractivity (Wildman–Crippen MR) is 111 cm³/mol. The van der Waals surface area contributed by atoms with E-state index in [1.165, 1.54) is 0 Å². The molecule has 0 spiro atoms. The Morgan fingerprint density at radius 2 is 1.96 bits per heavy atom. The van der Waals surface area contributed by atoms with Crippen molar-refractivity contribution in [2.45, 2.75) is 29.9 Å². The van der Waals surface area contributed by atoms with Crippen molar-refractivity contribution >= 4 is 47.1 Å². The molecule has 1 heterocycles. The summed E-state index contributed by atoms with van der Waals surface area (Å²) in [4.78, 5) is 24.6. The Kier molecular flexibility index (Phi) is 9.65. The number of benzene rings is 1. The number of rotatable bonds is 9. The molecule has 1 atom stereocenters. The fraction of sp³-hybridized carbons (Fsp3) is 0.556.